The minimum Gasteiger partial charge on any atom is -0.493 e. The number of rotatable bonds is 5. The summed E-state index contributed by atoms with van der Waals surface area (Å²) in [5.74, 6) is 1.11. The second-order valence-electron chi connectivity index (χ2n) is 4.46. The van der Waals surface area contributed by atoms with Gasteiger partial charge in [0, 0.05) is 35.8 Å². The topological polar surface area (TPSA) is 55.4 Å². The van der Waals surface area contributed by atoms with E-state index in [1.54, 1.807) is 0 Å². The Morgan fingerprint density at radius 2 is 2.22 bits per heavy atom. The molecule has 0 atom stereocenters. The van der Waals surface area contributed by atoms with Crippen LogP contribution in [0.5, 0.6) is 5.75 Å². The maximum Gasteiger partial charge on any atom is 0.148 e. The Hall–Kier alpha value is -0.590. The average Bonchev–Trinajstić information content (AvgIpc) is 2.70. The van der Waals surface area contributed by atoms with E-state index in [4.69, 9.17) is 4.74 Å². The predicted octanol–water partition coefficient (Wildman–Crippen LogP) is 1.52. The van der Waals surface area contributed by atoms with Gasteiger partial charge in [-0.2, -0.15) is 0 Å². The summed E-state index contributed by atoms with van der Waals surface area (Å²) in [5.41, 5.74) is 2.29. The highest BCUT2D eigenvalue weighted by molar-refractivity contribution is 9.10. The number of sulfone groups is 1. The Labute approximate surface area is 116 Å². The standard InChI is InChI=1S/C12H16BrNO3S/c1-18(15,16)5-3-14-8-10-7-11(13)6-9-2-4-17-12(9)10/h6-7,14H,2-5,8H2,1H3. The van der Waals surface area contributed by atoms with Crippen molar-refractivity contribution in [2.45, 2.75) is 13.0 Å². The van der Waals surface area contributed by atoms with Crippen LogP contribution in [-0.4, -0.2) is 33.6 Å². The van der Waals surface area contributed by atoms with E-state index in [1.165, 1.54) is 11.8 Å². The summed E-state index contributed by atoms with van der Waals surface area (Å²) < 4.78 is 28.7. The molecule has 1 N–H and O–H groups in total. The van der Waals surface area contributed by atoms with Gasteiger partial charge >= 0.3 is 0 Å². The Bertz CT molecular complexity index is 542. The average molecular weight is 334 g/mol. The summed E-state index contributed by atoms with van der Waals surface area (Å²) in [6.07, 6.45) is 2.18. The Kier molecular flexibility index (Phi) is 4.29. The molecule has 6 heteroatoms. The molecule has 18 heavy (non-hydrogen) atoms. The molecule has 0 spiro atoms. The zero-order valence-corrected chi connectivity index (χ0v) is 12.6. The van der Waals surface area contributed by atoms with Crippen LogP contribution >= 0.6 is 15.9 Å². The molecule has 0 saturated heterocycles. The lowest BCUT2D eigenvalue weighted by molar-refractivity contribution is 0.352. The van der Waals surface area contributed by atoms with Crippen molar-refractivity contribution in [1.29, 1.82) is 0 Å². The molecule has 0 fully saturated rings. The van der Waals surface area contributed by atoms with E-state index < -0.39 is 9.84 Å². The fraction of sp³-hybridized carbons (Fsp3) is 0.500. The molecule has 0 bridgehead atoms. The molecular formula is C12H16BrNO3S. The van der Waals surface area contributed by atoms with Crippen LogP contribution in [0.3, 0.4) is 0 Å². The van der Waals surface area contributed by atoms with E-state index in [2.05, 4.69) is 27.3 Å². The van der Waals surface area contributed by atoms with Gasteiger partial charge in [-0.1, -0.05) is 15.9 Å². The van der Waals surface area contributed by atoms with Crippen LogP contribution in [0.2, 0.25) is 0 Å². The van der Waals surface area contributed by atoms with Gasteiger partial charge in [0.05, 0.1) is 12.4 Å². The van der Waals surface area contributed by atoms with Crippen molar-refractivity contribution in [3.05, 3.63) is 27.7 Å². The molecule has 1 aliphatic heterocycles. The summed E-state index contributed by atoms with van der Waals surface area (Å²) in [7, 11) is -2.90. The fourth-order valence-corrected chi connectivity index (χ4v) is 3.03. The van der Waals surface area contributed by atoms with Crippen LogP contribution < -0.4 is 10.1 Å². The second kappa shape index (κ2) is 5.59. The Balaban J connectivity index is 1.98. The van der Waals surface area contributed by atoms with Crippen LogP contribution in [0.25, 0.3) is 0 Å². The molecule has 100 valence electrons. The third-order valence-corrected chi connectivity index (χ3v) is 4.19. The van der Waals surface area contributed by atoms with Crippen molar-refractivity contribution in [3.63, 3.8) is 0 Å². The molecule has 0 unspecified atom stereocenters. The van der Waals surface area contributed by atoms with Gasteiger partial charge in [0.1, 0.15) is 15.6 Å². The van der Waals surface area contributed by atoms with E-state index >= 15 is 0 Å². The normalized spacial score (nSPS) is 14.3. The zero-order chi connectivity index (χ0) is 13.2. The number of benzene rings is 1. The molecule has 0 radical (unpaired) electrons. The smallest absolute Gasteiger partial charge is 0.148 e. The minimum atomic E-state index is -2.90. The van der Waals surface area contributed by atoms with Gasteiger partial charge in [-0.15, -0.1) is 0 Å². The Morgan fingerprint density at radius 1 is 1.44 bits per heavy atom. The molecule has 0 aromatic heterocycles. The predicted molar refractivity (Wildman–Crippen MR) is 74.8 cm³/mol. The third-order valence-electron chi connectivity index (χ3n) is 2.79. The molecule has 2 rings (SSSR count). The lowest BCUT2D eigenvalue weighted by Gasteiger charge is -2.10. The first-order chi connectivity index (χ1) is 8.46. The maximum absolute atomic E-state index is 11.0. The fourth-order valence-electron chi connectivity index (χ4n) is 1.96. The third kappa shape index (κ3) is 3.70. The quantitative estimate of drug-likeness (QED) is 0.830. The molecule has 1 heterocycles. The van der Waals surface area contributed by atoms with Crippen LogP contribution in [0, 0.1) is 0 Å². The summed E-state index contributed by atoms with van der Waals surface area (Å²) in [6.45, 7) is 1.81. The van der Waals surface area contributed by atoms with Crippen LogP contribution in [0.1, 0.15) is 11.1 Å². The molecule has 0 amide bonds. The van der Waals surface area contributed by atoms with Gasteiger partial charge in [-0.25, -0.2) is 8.42 Å². The summed E-state index contributed by atoms with van der Waals surface area (Å²) >= 11 is 3.48. The van der Waals surface area contributed by atoms with Crippen LogP contribution in [0.15, 0.2) is 16.6 Å². The number of nitrogens with one attached hydrogen (secondary N) is 1. The highest BCUT2D eigenvalue weighted by Gasteiger charge is 2.17. The molecule has 1 aromatic rings. The number of halogens is 1. The van der Waals surface area contributed by atoms with Crippen molar-refractivity contribution in [3.8, 4) is 5.75 Å². The van der Waals surface area contributed by atoms with E-state index in [-0.39, 0.29) is 5.75 Å². The minimum absolute atomic E-state index is 0.157. The molecule has 0 aliphatic carbocycles. The molecule has 1 aromatic carbocycles. The van der Waals surface area contributed by atoms with Gasteiger partial charge in [-0.3, -0.25) is 0 Å². The number of hydrogen-bond donors (Lipinski definition) is 1. The summed E-state index contributed by atoms with van der Waals surface area (Å²) in [5, 5.41) is 3.14. The highest BCUT2D eigenvalue weighted by Crippen LogP contribution is 2.32. The van der Waals surface area contributed by atoms with Gasteiger partial charge in [0.15, 0.2) is 0 Å². The SMILES string of the molecule is CS(=O)(=O)CCNCc1cc(Br)cc2c1OCC2. The van der Waals surface area contributed by atoms with Crippen molar-refractivity contribution in [1.82, 2.24) is 5.32 Å². The second-order valence-corrected chi connectivity index (χ2v) is 7.63. The van der Waals surface area contributed by atoms with Crippen LogP contribution in [0.4, 0.5) is 0 Å². The highest BCUT2D eigenvalue weighted by atomic mass is 79.9. The van der Waals surface area contributed by atoms with Gasteiger partial charge in [0.25, 0.3) is 0 Å². The van der Waals surface area contributed by atoms with Crippen molar-refractivity contribution in [2.24, 2.45) is 0 Å². The molecule has 1 aliphatic rings. The van der Waals surface area contributed by atoms with E-state index in [9.17, 15) is 8.42 Å². The van der Waals surface area contributed by atoms with Crippen molar-refractivity contribution < 1.29 is 13.2 Å². The van der Waals surface area contributed by atoms with E-state index in [0.29, 0.717) is 13.1 Å². The molecule has 4 nitrogen and oxygen atoms in total. The zero-order valence-electron chi connectivity index (χ0n) is 10.2. The first-order valence-corrected chi connectivity index (χ1v) is 8.63. The lowest BCUT2D eigenvalue weighted by atomic mass is 10.1. The van der Waals surface area contributed by atoms with Crippen molar-refractivity contribution in [2.75, 3.05) is 25.2 Å². The lowest BCUT2D eigenvalue weighted by Crippen LogP contribution is -2.22. The monoisotopic (exact) mass is 333 g/mol. The number of fused-ring (bicyclic) bond motifs is 1. The largest absolute Gasteiger partial charge is 0.493 e. The first-order valence-electron chi connectivity index (χ1n) is 5.78. The first kappa shape index (κ1) is 13.8. The van der Waals surface area contributed by atoms with Gasteiger partial charge < -0.3 is 10.1 Å². The summed E-state index contributed by atoms with van der Waals surface area (Å²) in [4.78, 5) is 0. The van der Waals surface area contributed by atoms with Gasteiger partial charge in [-0.05, 0) is 17.7 Å². The molecule has 0 saturated carbocycles. The number of hydrogen-bond acceptors (Lipinski definition) is 4. The van der Waals surface area contributed by atoms with Crippen LogP contribution in [-0.2, 0) is 22.8 Å². The maximum atomic E-state index is 11.0. The molecular weight excluding hydrogens is 318 g/mol. The van der Waals surface area contributed by atoms with Gasteiger partial charge in [0.2, 0.25) is 0 Å². The summed E-state index contributed by atoms with van der Waals surface area (Å²) in [6, 6.07) is 4.08. The van der Waals surface area contributed by atoms with Crippen molar-refractivity contribution >= 4 is 25.8 Å². The van der Waals surface area contributed by atoms with E-state index in [0.717, 1.165) is 28.8 Å². The Morgan fingerprint density at radius 3 is 2.94 bits per heavy atom. The number of ether oxygens (including phenoxy) is 1. The van der Waals surface area contributed by atoms with E-state index in [1.807, 2.05) is 6.07 Å².